The number of hydrogen-bond donors (Lipinski definition) is 0. The van der Waals surface area contributed by atoms with Crippen molar-refractivity contribution in [2.24, 2.45) is 5.41 Å². The summed E-state index contributed by atoms with van der Waals surface area (Å²) in [5, 5.41) is 0. The summed E-state index contributed by atoms with van der Waals surface area (Å²) in [6.45, 7) is 7.61. The summed E-state index contributed by atoms with van der Waals surface area (Å²) in [6.07, 6.45) is 10.1. The van der Waals surface area contributed by atoms with Gasteiger partial charge in [-0.3, -0.25) is 14.5 Å². The number of rotatable bonds is 10. The smallest absolute Gasteiger partial charge is 0.253 e. The van der Waals surface area contributed by atoms with Crippen LogP contribution >= 0.6 is 0 Å². The second kappa shape index (κ2) is 10.9. The topological polar surface area (TPSA) is 65.1 Å². The maximum atomic E-state index is 12.3. The molecule has 30 heavy (non-hydrogen) atoms. The van der Waals surface area contributed by atoms with Crippen molar-refractivity contribution in [3.05, 3.63) is 35.9 Å². The van der Waals surface area contributed by atoms with E-state index < -0.39 is 0 Å². The first-order chi connectivity index (χ1) is 14.3. The predicted molar refractivity (Wildman–Crippen MR) is 118 cm³/mol. The molecule has 0 N–H and O–H groups in total. The van der Waals surface area contributed by atoms with Gasteiger partial charge in [0.05, 0.1) is 20.8 Å². The second-order valence-corrected chi connectivity index (χ2v) is 8.12. The lowest BCUT2D eigenvalue weighted by Crippen LogP contribution is -2.37. The number of amides is 2. The highest BCUT2D eigenvalue weighted by atomic mass is 16.5. The van der Waals surface area contributed by atoms with E-state index in [9.17, 15) is 9.59 Å². The van der Waals surface area contributed by atoms with E-state index in [4.69, 9.17) is 14.2 Å². The average Bonchev–Trinajstić information content (AvgIpc) is 2.72. The minimum atomic E-state index is -0.347. The zero-order valence-electron chi connectivity index (χ0n) is 18.7. The van der Waals surface area contributed by atoms with Gasteiger partial charge in [0.25, 0.3) is 11.8 Å². The van der Waals surface area contributed by atoms with Gasteiger partial charge in [-0.25, -0.2) is 0 Å². The van der Waals surface area contributed by atoms with Crippen LogP contribution in [-0.2, 0) is 9.59 Å². The Hall–Kier alpha value is -2.76. The molecule has 0 radical (unpaired) electrons. The molecule has 0 atom stereocenters. The van der Waals surface area contributed by atoms with Crippen LogP contribution in [0, 0.1) is 5.41 Å². The van der Waals surface area contributed by atoms with Gasteiger partial charge in [0.2, 0.25) is 5.75 Å². The Labute approximate surface area is 179 Å². The SMILES string of the molecule is CCCC(C)(C)CCOc1c(OC)cc(/C=C/C(=O)N2CCC=CC2=O)cc1OC. The van der Waals surface area contributed by atoms with Crippen LogP contribution in [0.5, 0.6) is 17.2 Å². The molecule has 1 aliphatic heterocycles. The first-order valence-corrected chi connectivity index (χ1v) is 10.4. The molecular weight excluding hydrogens is 382 g/mol. The van der Waals surface area contributed by atoms with Crippen molar-refractivity contribution < 1.29 is 23.8 Å². The quantitative estimate of drug-likeness (QED) is 0.522. The number of ether oxygens (including phenoxy) is 3. The lowest BCUT2D eigenvalue weighted by atomic mass is 9.85. The van der Waals surface area contributed by atoms with Crippen molar-refractivity contribution in [1.82, 2.24) is 4.90 Å². The summed E-state index contributed by atoms with van der Waals surface area (Å²) in [5.41, 5.74) is 0.926. The maximum Gasteiger partial charge on any atom is 0.253 e. The highest BCUT2D eigenvalue weighted by Gasteiger charge is 2.20. The summed E-state index contributed by atoms with van der Waals surface area (Å²) in [5.74, 6) is 0.979. The van der Waals surface area contributed by atoms with E-state index in [1.807, 2.05) is 0 Å². The second-order valence-electron chi connectivity index (χ2n) is 8.12. The Morgan fingerprint density at radius 3 is 2.40 bits per heavy atom. The number of carbonyl (C=O) groups excluding carboxylic acids is 2. The van der Waals surface area contributed by atoms with Crippen molar-refractivity contribution in [2.75, 3.05) is 27.4 Å². The van der Waals surface area contributed by atoms with E-state index >= 15 is 0 Å². The monoisotopic (exact) mass is 415 g/mol. The van der Waals surface area contributed by atoms with Crippen LogP contribution < -0.4 is 14.2 Å². The van der Waals surface area contributed by atoms with Gasteiger partial charge in [-0.05, 0) is 54.5 Å². The number of imide groups is 1. The zero-order chi connectivity index (χ0) is 22.1. The van der Waals surface area contributed by atoms with E-state index in [2.05, 4.69) is 20.8 Å². The first-order valence-electron chi connectivity index (χ1n) is 10.4. The van der Waals surface area contributed by atoms with Crippen LogP contribution in [-0.4, -0.2) is 44.1 Å². The minimum Gasteiger partial charge on any atom is -0.493 e. The van der Waals surface area contributed by atoms with E-state index in [-0.39, 0.29) is 17.2 Å². The molecule has 6 nitrogen and oxygen atoms in total. The highest BCUT2D eigenvalue weighted by molar-refractivity contribution is 6.06. The van der Waals surface area contributed by atoms with Crippen LogP contribution in [0.1, 0.15) is 52.0 Å². The Morgan fingerprint density at radius 1 is 1.17 bits per heavy atom. The number of carbonyl (C=O) groups is 2. The molecule has 0 fully saturated rings. The molecular formula is C24H33NO5. The predicted octanol–water partition coefficient (Wildman–Crippen LogP) is 4.63. The summed E-state index contributed by atoms with van der Waals surface area (Å²) in [7, 11) is 3.14. The Morgan fingerprint density at radius 2 is 1.83 bits per heavy atom. The van der Waals surface area contributed by atoms with Gasteiger partial charge in [-0.15, -0.1) is 0 Å². The molecule has 6 heteroatoms. The van der Waals surface area contributed by atoms with E-state index in [1.54, 1.807) is 38.5 Å². The maximum absolute atomic E-state index is 12.3. The molecule has 0 unspecified atom stereocenters. The summed E-state index contributed by atoms with van der Waals surface area (Å²) >= 11 is 0. The molecule has 1 aromatic rings. The fourth-order valence-corrected chi connectivity index (χ4v) is 3.43. The number of hydrogen-bond acceptors (Lipinski definition) is 5. The zero-order valence-corrected chi connectivity index (χ0v) is 18.7. The molecule has 0 aromatic heterocycles. The largest absolute Gasteiger partial charge is 0.493 e. The van der Waals surface area contributed by atoms with Crippen LogP contribution in [0.3, 0.4) is 0 Å². The van der Waals surface area contributed by atoms with Crippen LogP contribution in [0.4, 0.5) is 0 Å². The van der Waals surface area contributed by atoms with Gasteiger partial charge in [-0.1, -0.05) is 33.3 Å². The third-order valence-electron chi connectivity index (χ3n) is 5.17. The molecule has 164 valence electrons. The van der Waals surface area contributed by atoms with Crippen molar-refractivity contribution >= 4 is 17.9 Å². The normalized spacial score (nSPS) is 14.3. The standard InChI is InChI=1S/C24H33NO5/c1-6-12-24(2,3)13-15-30-23-19(28-4)16-18(17-20(23)29-5)10-11-22(27)25-14-8-7-9-21(25)26/h7,9-11,16-17H,6,8,12-15H2,1-5H3/b11-10+. The fraction of sp³-hybridized carbons (Fsp3) is 0.500. The summed E-state index contributed by atoms with van der Waals surface area (Å²) in [4.78, 5) is 25.4. The highest BCUT2D eigenvalue weighted by Crippen LogP contribution is 2.39. The van der Waals surface area contributed by atoms with E-state index in [0.717, 1.165) is 24.8 Å². The third kappa shape index (κ3) is 6.37. The molecule has 2 amide bonds. The van der Waals surface area contributed by atoms with Gasteiger partial charge in [0.1, 0.15) is 0 Å². The molecule has 0 spiro atoms. The third-order valence-corrected chi connectivity index (χ3v) is 5.17. The summed E-state index contributed by atoms with van der Waals surface area (Å²) in [6, 6.07) is 3.58. The van der Waals surface area contributed by atoms with Gasteiger partial charge < -0.3 is 14.2 Å². The molecule has 0 saturated carbocycles. The Balaban J connectivity index is 2.14. The van der Waals surface area contributed by atoms with Crippen molar-refractivity contribution in [2.45, 2.75) is 46.5 Å². The average molecular weight is 416 g/mol. The molecule has 0 aliphatic carbocycles. The molecule has 1 aliphatic rings. The van der Waals surface area contributed by atoms with Gasteiger partial charge in [0, 0.05) is 12.6 Å². The van der Waals surface area contributed by atoms with Gasteiger partial charge in [0.15, 0.2) is 11.5 Å². The Bertz CT molecular complexity index is 785. The number of benzene rings is 1. The van der Waals surface area contributed by atoms with Crippen molar-refractivity contribution in [1.29, 1.82) is 0 Å². The minimum absolute atomic E-state index is 0.208. The lowest BCUT2D eigenvalue weighted by molar-refractivity contribution is -0.139. The van der Waals surface area contributed by atoms with Crippen molar-refractivity contribution in [3.63, 3.8) is 0 Å². The fourth-order valence-electron chi connectivity index (χ4n) is 3.43. The van der Waals surface area contributed by atoms with Crippen molar-refractivity contribution in [3.8, 4) is 17.2 Å². The molecule has 0 bridgehead atoms. The first kappa shape index (κ1) is 23.5. The number of methoxy groups -OCH3 is 2. The van der Waals surface area contributed by atoms with E-state index in [0.29, 0.717) is 36.8 Å². The number of nitrogens with zero attached hydrogens (tertiary/aromatic N) is 1. The van der Waals surface area contributed by atoms with E-state index in [1.165, 1.54) is 17.1 Å². The molecule has 1 heterocycles. The molecule has 2 rings (SSSR count). The van der Waals surface area contributed by atoms with Crippen LogP contribution in [0.15, 0.2) is 30.4 Å². The lowest BCUT2D eigenvalue weighted by Gasteiger charge is -2.24. The Kier molecular flexibility index (Phi) is 8.51. The molecule has 0 saturated heterocycles. The summed E-state index contributed by atoms with van der Waals surface area (Å²) < 4.78 is 17.0. The van der Waals surface area contributed by atoms with Crippen LogP contribution in [0.25, 0.3) is 6.08 Å². The van der Waals surface area contributed by atoms with Crippen LogP contribution in [0.2, 0.25) is 0 Å². The van der Waals surface area contributed by atoms with Gasteiger partial charge in [-0.2, -0.15) is 0 Å². The van der Waals surface area contributed by atoms with Gasteiger partial charge >= 0.3 is 0 Å². The molecule has 1 aromatic carbocycles.